The highest BCUT2D eigenvalue weighted by Crippen LogP contribution is 2.15. The molecule has 0 amide bonds. The lowest BCUT2D eigenvalue weighted by molar-refractivity contribution is 0.414. The van der Waals surface area contributed by atoms with Crippen molar-refractivity contribution in [2.75, 3.05) is 12.8 Å². The molecule has 0 aliphatic carbocycles. The lowest BCUT2D eigenvalue weighted by Crippen LogP contribution is -2.18. The van der Waals surface area contributed by atoms with Crippen molar-refractivity contribution >= 4 is 21.9 Å². The number of ether oxygens (including phenoxy) is 1. The molecule has 2 aromatic rings. The summed E-state index contributed by atoms with van der Waals surface area (Å²) in [4.78, 5) is 2.23. The van der Waals surface area contributed by atoms with Gasteiger partial charge in [0.1, 0.15) is 5.75 Å². The first-order valence-electron chi connectivity index (χ1n) is 6.06. The molecule has 110 valence electrons. The van der Waals surface area contributed by atoms with Crippen LogP contribution in [0.5, 0.6) is 5.75 Å². The standard InChI is InChI=1S/C14H15N3O3S/c1-20-14-5-3-2-4-11(14)10-16-17-21(18,19)13-8-6-12(15)7-9-13/h2-10,17H,15H2,1H3/b16-10-. The second-order valence-electron chi connectivity index (χ2n) is 4.16. The summed E-state index contributed by atoms with van der Waals surface area (Å²) < 4.78 is 29.1. The zero-order valence-corrected chi connectivity index (χ0v) is 12.2. The molecule has 7 heteroatoms. The number of anilines is 1. The number of hydrogen-bond acceptors (Lipinski definition) is 5. The minimum absolute atomic E-state index is 0.0916. The molecule has 21 heavy (non-hydrogen) atoms. The Labute approximate surface area is 123 Å². The van der Waals surface area contributed by atoms with E-state index in [9.17, 15) is 8.42 Å². The van der Waals surface area contributed by atoms with Gasteiger partial charge in [-0.25, -0.2) is 4.83 Å². The van der Waals surface area contributed by atoms with Crippen LogP contribution in [-0.2, 0) is 10.0 Å². The van der Waals surface area contributed by atoms with E-state index in [0.717, 1.165) is 0 Å². The highest BCUT2D eigenvalue weighted by molar-refractivity contribution is 7.89. The van der Waals surface area contributed by atoms with E-state index < -0.39 is 10.0 Å². The van der Waals surface area contributed by atoms with Gasteiger partial charge in [0.05, 0.1) is 18.2 Å². The number of benzene rings is 2. The monoisotopic (exact) mass is 305 g/mol. The molecule has 0 bridgehead atoms. The van der Waals surface area contributed by atoms with Crippen LogP contribution in [0.15, 0.2) is 58.5 Å². The fourth-order valence-corrected chi connectivity index (χ4v) is 2.43. The van der Waals surface area contributed by atoms with Crippen LogP contribution in [0.3, 0.4) is 0 Å². The molecule has 0 heterocycles. The Bertz CT molecular complexity index is 740. The van der Waals surface area contributed by atoms with Crippen molar-refractivity contribution in [3.8, 4) is 5.75 Å². The molecule has 2 rings (SSSR count). The third-order valence-corrected chi connectivity index (χ3v) is 3.94. The molecule has 0 spiro atoms. The number of nitrogens with zero attached hydrogens (tertiary/aromatic N) is 1. The maximum absolute atomic E-state index is 12.0. The highest BCUT2D eigenvalue weighted by Gasteiger charge is 2.11. The Hall–Kier alpha value is -2.54. The van der Waals surface area contributed by atoms with Gasteiger partial charge < -0.3 is 10.5 Å². The van der Waals surface area contributed by atoms with Gasteiger partial charge >= 0.3 is 0 Å². The molecule has 0 saturated carbocycles. The number of nitrogens with two attached hydrogens (primary N) is 1. The fraction of sp³-hybridized carbons (Fsp3) is 0.0714. The first-order valence-corrected chi connectivity index (χ1v) is 7.54. The summed E-state index contributed by atoms with van der Waals surface area (Å²) in [5, 5.41) is 3.75. The van der Waals surface area contributed by atoms with Crippen molar-refractivity contribution < 1.29 is 13.2 Å². The number of nitrogen functional groups attached to an aromatic ring is 1. The van der Waals surface area contributed by atoms with Crippen LogP contribution >= 0.6 is 0 Å². The maximum atomic E-state index is 12.0. The number of rotatable bonds is 5. The van der Waals surface area contributed by atoms with Crippen LogP contribution in [-0.4, -0.2) is 21.7 Å². The SMILES string of the molecule is COc1ccccc1/C=N\NS(=O)(=O)c1ccc(N)cc1. The fourth-order valence-electron chi connectivity index (χ4n) is 1.64. The molecular formula is C14H15N3O3S. The molecule has 0 aromatic heterocycles. The number of hydrazone groups is 1. The van der Waals surface area contributed by atoms with Gasteiger partial charge in [-0.05, 0) is 36.4 Å². The molecule has 0 radical (unpaired) electrons. The minimum atomic E-state index is -3.71. The van der Waals surface area contributed by atoms with Gasteiger partial charge in [0.15, 0.2) is 0 Å². The molecular weight excluding hydrogens is 290 g/mol. The van der Waals surface area contributed by atoms with E-state index in [1.54, 1.807) is 18.2 Å². The number of sulfonamides is 1. The van der Waals surface area contributed by atoms with Gasteiger partial charge in [-0.1, -0.05) is 12.1 Å². The van der Waals surface area contributed by atoms with E-state index in [1.165, 1.54) is 37.6 Å². The van der Waals surface area contributed by atoms with Gasteiger partial charge in [0, 0.05) is 11.3 Å². The smallest absolute Gasteiger partial charge is 0.276 e. The molecule has 0 aliphatic rings. The largest absolute Gasteiger partial charge is 0.496 e. The predicted octanol–water partition coefficient (Wildman–Crippen LogP) is 1.59. The minimum Gasteiger partial charge on any atom is -0.496 e. The molecule has 0 atom stereocenters. The molecule has 0 aliphatic heterocycles. The Morgan fingerprint density at radius 1 is 1.14 bits per heavy atom. The van der Waals surface area contributed by atoms with Crippen molar-refractivity contribution in [1.29, 1.82) is 0 Å². The molecule has 0 saturated heterocycles. The molecule has 3 N–H and O–H groups in total. The average molecular weight is 305 g/mol. The van der Waals surface area contributed by atoms with Crippen LogP contribution in [0.1, 0.15) is 5.56 Å². The summed E-state index contributed by atoms with van der Waals surface area (Å²) in [6, 6.07) is 13.0. The van der Waals surface area contributed by atoms with Crippen molar-refractivity contribution in [2.24, 2.45) is 5.10 Å². The van der Waals surface area contributed by atoms with Crippen LogP contribution < -0.4 is 15.3 Å². The number of methoxy groups -OCH3 is 1. The lowest BCUT2D eigenvalue weighted by atomic mass is 10.2. The zero-order chi connectivity index (χ0) is 15.3. The summed E-state index contributed by atoms with van der Waals surface area (Å²) in [7, 11) is -2.18. The van der Waals surface area contributed by atoms with Crippen LogP contribution in [0.25, 0.3) is 0 Å². The van der Waals surface area contributed by atoms with Crippen molar-refractivity contribution in [3.05, 3.63) is 54.1 Å². The van der Waals surface area contributed by atoms with E-state index in [2.05, 4.69) is 9.93 Å². The van der Waals surface area contributed by atoms with Crippen LogP contribution in [0.4, 0.5) is 5.69 Å². The van der Waals surface area contributed by atoms with Gasteiger partial charge in [0.2, 0.25) is 0 Å². The first-order chi connectivity index (χ1) is 10.0. The highest BCUT2D eigenvalue weighted by atomic mass is 32.2. The van der Waals surface area contributed by atoms with E-state index >= 15 is 0 Å². The summed E-state index contributed by atoms with van der Waals surface area (Å²) >= 11 is 0. The van der Waals surface area contributed by atoms with E-state index in [4.69, 9.17) is 10.5 Å². The summed E-state index contributed by atoms with van der Waals surface area (Å²) in [5.74, 6) is 0.605. The Morgan fingerprint density at radius 2 is 1.81 bits per heavy atom. The van der Waals surface area contributed by atoms with Crippen LogP contribution in [0.2, 0.25) is 0 Å². The maximum Gasteiger partial charge on any atom is 0.276 e. The van der Waals surface area contributed by atoms with E-state index in [0.29, 0.717) is 17.0 Å². The van der Waals surface area contributed by atoms with E-state index in [-0.39, 0.29) is 4.90 Å². The summed E-state index contributed by atoms with van der Waals surface area (Å²) in [6.07, 6.45) is 1.38. The van der Waals surface area contributed by atoms with Crippen molar-refractivity contribution in [1.82, 2.24) is 4.83 Å². The Morgan fingerprint density at radius 3 is 2.48 bits per heavy atom. The Kier molecular flexibility index (Phi) is 4.44. The predicted molar refractivity (Wildman–Crippen MR) is 81.8 cm³/mol. The van der Waals surface area contributed by atoms with Crippen LogP contribution in [0, 0.1) is 0 Å². The lowest BCUT2D eigenvalue weighted by Gasteiger charge is -2.05. The molecule has 0 unspecified atom stereocenters. The second kappa shape index (κ2) is 6.27. The molecule has 6 nitrogen and oxygen atoms in total. The molecule has 2 aromatic carbocycles. The normalized spacial score (nSPS) is 11.5. The Balaban J connectivity index is 2.14. The van der Waals surface area contributed by atoms with Gasteiger partial charge in [-0.3, -0.25) is 0 Å². The number of nitrogens with one attached hydrogen (secondary N) is 1. The summed E-state index contributed by atoms with van der Waals surface area (Å²) in [5.41, 5.74) is 6.68. The van der Waals surface area contributed by atoms with Crippen molar-refractivity contribution in [2.45, 2.75) is 4.90 Å². The number of para-hydroxylation sites is 1. The zero-order valence-electron chi connectivity index (χ0n) is 11.4. The first kappa shape index (κ1) is 14.9. The molecule has 0 fully saturated rings. The quantitative estimate of drug-likeness (QED) is 0.498. The van der Waals surface area contributed by atoms with Crippen molar-refractivity contribution in [3.63, 3.8) is 0 Å². The van der Waals surface area contributed by atoms with Gasteiger partial charge in [-0.15, -0.1) is 0 Å². The number of hydrogen-bond donors (Lipinski definition) is 2. The third kappa shape index (κ3) is 3.73. The third-order valence-electron chi connectivity index (χ3n) is 2.71. The average Bonchev–Trinajstić information content (AvgIpc) is 2.48. The van der Waals surface area contributed by atoms with Gasteiger partial charge in [-0.2, -0.15) is 13.5 Å². The van der Waals surface area contributed by atoms with E-state index in [1.807, 2.05) is 6.07 Å². The summed E-state index contributed by atoms with van der Waals surface area (Å²) in [6.45, 7) is 0. The van der Waals surface area contributed by atoms with Gasteiger partial charge in [0.25, 0.3) is 10.0 Å². The topological polar surface area (TPSA) is 93.8 Å². The second-order valence-corrected chi connectivity index (χ2v) is 5.82.